The number of aliphatic imine (C=N–C) groups is 1. The SMILES string of the molecule is C[C@@H]1CC(=O)NC(SC(=O)c2cnccn2)=N1. The number of aromatic nitrogens is 2. The third-order valence-electron chi connectivity index (χ3n) is 2.03. The Morgan fingerprint density at radius 1 is 1.53 bits per heavy atom. The molecule has 0 saturated carbocycles. The summed E-state index contributed by atoms with van der Waals surface area (Å²) in [4.78, 5) is 34.9. The van der Waals surface area contributed by atoms with Crippen molar-refractivity contribution in [3.8, 4) is 0 Å². The van der Waals surface area contributed by atoms with Gasteiger partial charge in [-0.2, -0.15) is 0 Å². The molecule has 0 radical (unpaired) electrons. The number of thioether (sulfide) groups is 1. The molecular formula is C10H10N4O2S. The Balaban J connectivity index is 2.07. The number of nitrogens with one attached hydrogen (secondary N) is 1. The minimum atomic E-state index is -0.286. The number of hydrogen-bond acceptors (Lipinski definition) is 6. The van der Waals surface area contributed by atoms with Crippen LogP contribution in [-0.4, -0.2) is 32.2 Å². The van der Waals surface area contributed by atoms with Gasteiger partial charge in [0, 0.05) is 18.8 Å². The van der Waals surface area contributed by atoms with E-state index in [4.69, 9.17) is 0 Å². The molecule has 1 aromatic heterocycles. The van der Waals surface area contributed by atoms with Crippen molar-refractivity contribution in [2.75, 3.05) is 0 Å². The molecule has 0 saturated heterocycles. The molecule has 0 bridgehead atoms. The molecule has 1 aliphatic rings. The molecule has 1 amide bonds. The maximum Gasteiger partial charge on any atom is 0.246 e. The molecule has 7 heteroatoms. The molecular weight excluding hydrogens is 240 g/mol. The van der Waals surface area contributed by atoms with Crippen LogP contribution in [0.4, 0.5) is 0 Å². The molecule has 1 aromatic rings. The lowest BCUT2D eigenvalue weighted by molar-refractivity contribution is -0.120. The van der Waals surface area contributed by atoms with E-state index in [1.54, 1.807) is 0 Å². The van der Waals surface area contributed by atoms with Crippen LogP contribution in [0.3, 0.4) is 0 Å². The Morgan fingerprint density at radius 2 is 2.35 bits per heavy atom. The maximum absolute atomic E-state index is 11.8. The number of rotatable bonds is 1. The zero-order chi connectivity index (χ0) is 12.3. The molecule has 0 aliphatic carbocycles. The maximum atomic E-state index is 11.8. The fourth-order valence-corrected chi connectivity index (χ4v) is 2.10. The Hall–Kier alpha value is -1.76. The zero-order valence-corrected chi connectivity index (χ0v) is 9.90. The van der Waals surface area contributed by atoms with Gasteiger partial charge >= 0.3 is 0 Å². The smallest absolute Gasteiger partial charge is 0.246 e. The van der Waals surface area contributed by atoms with Crippen LogP contribution in [-0.2, 0) is 4.79 Å². The van der Waals surface area contributed by atoms with Gasteiger partial charge in [-0.3, -0.25) is 19.6 Å². The van der Waals surface area contributed by atoms with Crippen LogP contribution < -0.4 is 5.32 Å². The molecule has 1 N–H and O–H groups in total. The quantitative estimate of drug-likeness (QED) is 0.789. The van der Waals surface area contributed by atoms with Gasteiger partial charge in [-0.1, -0.05) is 0 Å². The van der Waals surface area contributed by atoms with Gasteiger partial charge in [-0.15, -0.1) is 0 Å². The summed E-state index contributed by atoms with van der Waals surface area (Å²) in [6.45, 7) is 1.83. The van der Waals surface area contributed by atoms with Gasteiger partial charge in [0.25, 0.3) is 0 Å². The molecule has 1 aliphatic heterocycles. The van der Waals surface area contributed by atoms with Crippen LogP contribution in [0.25, 0.3) is 0 Å². The number of carbonyl (C=O) groups excluding carboxylic acids is 2. The Morgan fingerprint density at radius 3 is 3.00 bits per heavy atom. The van der Waals surface area contributed by atoms with E-state index in [1.807, 2.05) is 6.92 Å². The van der Waals surface area contributed by atoms with Crippen molar-refractivity contribution >= 4 is 28.0 Å². The van der Waals surface area contributed by atoms with Gasteiger partial charge in [0.15, 0.2) is 5.17 Å². The van der Waals surface area contributed by atoms with Crippen molar-refractivity contribution < 1.29 is 9.59 Å². The molecule has 0 spiro atoms. The Labute approximate surface area is 102 Å². The number of nitrogens with zero attached hydrogens (tertiary/aromatic N) is 3. The Bertz CT molecular complexity index is 474. The molecule has 2 rings (SSSR count). The van der Waals surface area contributed by atoms with Crippen molar-refractivity contribution in [2.45, 2.75) is 19.4 Å². The summed E-state index contributed by atoms with van der Waals surface area (Å²) in [6, 6.07) is -0.0964. The number of carbonyl (C=O) groups is 2. The standard InChI is InChI=1S/C10H10N4O2S/c1-6-4-8(15)14-10(13-6)17-9(16)7-5-11-2-3-12-7/h2-3,5-6H,4H2,1H3,(H,13,14,15)/t6-/m1/s1. The first kappa shape index (κ1) is 11.7. The third kappa shape index (κ3) is 3.10. The highest BCUT2D eigenvalue weighted by atomic mass is 32.2. The summed E-state index contributed by atoms with van der Waals surface area (Å²) in [5, 5.41) is 2.59. The van der Waals surface area contributed by atoms with E-state index in [0.29, 0.717) is 11.6 Å². The third-order valence-corrected chi connectivity index (χ3v) is 2.82. The van der Waals surface area contributed by atoms with E-state index in [0.717, 1.165) is 11.8 Å². The average Bonchev–Trinajstić information content (AvgIpc) is 2.28. The molecule has 6 nitrogen and oxygen atoms in total. The number of amidine groups is 1. The highest BCUT2D eigenvalue weighted by molar-refractivity contribution is 8.26. The first-order valence-corrected chi connectivity index (χ1v) is 5.82. The van der Waals surface area contributed by atoms with Crippen LogP contribution in [0, 0.1) is 0 Å². The first-order valence-electron chi connectivity index (χ1n) is 5.01. The van der Waals surface area contributed by atoms with Crippen molar-refractivity contribution in [1.82, 2.24) is 15.3 Å². The van der Waals surface area contributed by atoms with E-state index in [1.165, 1.54) is 18.6 Å². The average molecular weight is 250 g/mol. The van der Waals surface area contributed by atoms with Crippen LogP contribution in [0.1, 0.15) is 23.8 Å². The monoisotopic (exact) mass is 250 g/mol. The topological polar surface area (TPSA) is 84.3 Å². The van der Waals surface area contributed by atoms with Gasteiger partial charge in [0.2, 0.25) is 11.0 Å². The van der Waals surface area contributed by atoms with Gasteiger partial charge in [-0.25, -0.2) is 4.98 Å². The van der Waals surface area contributed by atoms with Gasteiger partial charge < -0.3 is 5.32 Å². The summed E-state index contributed by atoms with van der Waals surface area (Å²) < 4.78 is 0. The molecule has 88 valence electrons. The lowest BCUT2D eigenvalue weighted by atomic mass is 10.2. The summed E-state index contributed by atoms with van der Waals surface area (Å²) in [6.07, 6.45) is 4.66. The minimum absolute atomic E-state index is 0.0964. The second-order valence-corrected chi connectivity index (χ2v) is 4.48. The highest BCUT2D eigenvalue weighted by Crippen LogP contribution is 2.14. The molecule has 2 heterocycles. The predicted molar refractivity (Wildman–Crippen MR) is 63.6 cm³/mol. The first-order chi connectivity index (χ1) is 8.15. The van der Waals surface area contributed by atoms with Crippen LogP contribution in [0.2, 0.25) is 0 Å². The molecule has 0 fully saturated rings. The molecule has 0 unspecified atom stereocenters. The fourth-order valence-electron chi connectivity index (χ4n) is 1.31. The second-order valence-electron chi connectivity index (χ2n) is 3.52. The van der Waals surface area contributed by atoms with Crippen molar-refractivity contribution in [3.63, 3.8) is 0 Å². The summed E-state index contributed by atoms with van der Waals surface area (Å²) in [7, 11) is 0. The van der Waals surface area contributed by atoms with Crippen molar-refractivity contribution in [1.29, 1.82) is 0 Å². The van der Waals surface area contributed by atoms with E-state index in [-0.39, 0.29) is 22.8 Å². The summed E-state index contributed by atoms with van der Waals surface area (Å²) in [5.74, 6) is -0.123. The lowest BCUT2D eigenvalue weighted by Crippen LogP contribution is -2.36. The minimum Gasteiger partial charge on any atom is -0.305 e. The normalized spacial score (nSPS) is 19.5. The van der Waals surface area contributed by atoms with E-state index < -0.39 is 0 Å². The van der Waals surface area contributed by atoms with Gasteiger partial charge in [0.1, 0.15) is 5.69 Å². The molecule has 17 heavy (non-hydrogen) atoms. The largest absolute Gasteiger partial charge is 0.305 e. The van der Waals surface area contributed by atoms with Crippen LogP contribution in [0.5, 0.6) is 0 Å². The summed E-state index contributed by atoms with van der Waals surface area (Å²) in [5.41, 5.74) is 0.243. The van der Waals surface area contributed by atoms with Gasteiger partial charge in [0.05, 0.1) is 12.2 Å². The zero-order valence-electron chi connectivity index (χ0n) is 9.08. The molecule has 1 atom stereocenters. The highest BCUT2D eigenvalue weighted by Gasteiger charge is 2.21. The summed E-state index contributed by atoms with van der Waals surface area (Å²) >= 11 is 0.858. The number of hydrogen-bond donors (Lipinski definition) is 1. The Kier molecular flexibility index (Phi) is 3.48. The lowest BCUT2D eigenvalue weighted by Gasteiger charge is -2.16. The number of amides is 1. The van der Waals surface area contributed by atoms with Gasteiger partial charge in [-0.05, 0) is 18.7 Å². The van der Waals surface area contributed by atoms with Crippen LogP contribution in [0.15, 0.2) is 23.6 Å². The van der Waals surface area contributed by atoms with Crippen molar-refractivity contribution in [3.05, 3.63) is 24.3 Å². The van der Waals surface area contributed by atoms with E-state index in [9.17, 15) is 9.59 Å². The fraction of sp³-hybridized carbons (Fsp3) is 0.300. The van der Waals surface area contributed by atoms with Crippen molar-refractivity contribution in [2.24, 2.45) is 4.99 Å². The predicted octanol–water partition coefficient (Wildman–Crippen LogP) is 0.614. The van der Waals surface area contributed by atoms with E-state index >= 15 is 0 Å². The van der Waals surface area contributed by atoms with Crippen LogP contribution >= 0.6 is 11.8 Å². The van der Waals surface area contributed by atoms with E-state index in [2.05, 4.69) is 20.3 Å². The molecule has 0 aromatic carbocycles. The second kappa shape index (κ2) is 5.05.